The van der Waals surface area contributed by atoms with E-state index in [4.69, 9.17) is 12.2 Å². The maximum absolute atomic E-state index is 13.3. The van der Waals surface area contributed by atoms with Crippen LogP contribution in [0.1, 0.15) is 29.0 Å². The highest BCUT2D eigenvalue weighted by Crippen LogP contribution is 2.16. The summed E-state index contributed by atoms with van der Waals surface area (Å²) in [6, 6.07) is 13.4. The van der Waals surface area contributed by atoms with E-state index in [2.05, 4.69) is 20.9 Å². The van der Waals surface area contributed by atoms with E-state index in [-0.39, 0.29) is 17.8 Å². The molecule has 0 spiro atoms. The summed E-state index contributed by atoms with van der Waals surface area (Å²) in [5, 5.41) is 11.1. The number of carbonyl (C=O) groups excluding carboxylic acids is 1. The molecule has 3 aromatic rings. The van der Waals surface area contributed by atoms with E-state index in [0.717, 1.165) is 11.3 Å². The van der Waals surface area contributed by atoms with E-state index < -0.39 is 0 Å². The van der Waals surface area contributed by atoms with Crippen LogP contribution in [0.2, 0.25) is 0 Å². The lowest BCUT2D eigenvalue weighted by Gasteiger charge is -2.17. The fraction of sp³-hybridized carbons (Fsp3) is 0.105. The topological polar surface area (TPSA) is 66.0 Å². The molecule has 1 heterocycles. The quantitative estimate of drug-likeness (QED) is 0.547. The average Bonchev–Trinajstić information content (AvgIpc) is 3.18. The monoisotopic (exact) mass is 400 g/mol. The normalized spacial score (nSPS) is 11.5. The third-order valence-electron chi connectivity index (χ3n) is 3.76. The van der Waals surface area contributed by atoms with Gasteiger partial charge in [0.25, 0.3) is 5.91 Å². The number of carbonyl (C=O) groups is 1. The first kappa shape index (κ1) is 18.9. The summed E-state index contributed by atoms with van der Waals surface area (Å²) in [6.45, 7) is 1.90. The number of amides is 1. The van der Waals surface area contributed by atoms with Gasteiger partial charge in [0, 0.05) is 16.8 Å². The van der Waals surface area contributed by atoms with Crippen molar-refractivity contribution in [1.82, 2.24) is 10.3 Å². The molecule has 8 heteroatoms. The van der Waals surface area contributed by atoms with E-state index in [0.29, 0.717) is 16.5 Å². The molecule has 27 heavy (non-hydrogen) atoms. The molecule has 1 unspecified atom stereocenters. The second-order valence-corrected chi connectivity index (χ2v) is 6.91. The van der Waals surface area contributed by atoms with Crippen molar-refractivity contribution in [3.8, 4) is 0 Å². The minimum atomic E-state index is -0.282. The smallest absolute Gasteiger partial charge is 0.275 e. The highest BCUT2D eigenvalue weighted by Gasteiger charge is 2.09. The zero-order valence-electron chi connectivity index (χ0n) is 14.4. The molecule has 3 rings (SSSR count). The van der Waals surface area contributed by atoms with E-state index in [1.54, 1.807) is 41.2 Å². The summed E-state index contributed by atoms with van der Waals surface area (Å²) < 4.78 is 13.3. The molecule has 1 amide bonds. The van der Waals surface area contributed by atoms with Gasteiger partial charge < -0.3 is 16.0 Å². The maximum atomic E-state index is 13.3. The number of hydrogen-bond acceptors (Lipinski definition) is 4. The number of hydrogen-bond donors (Lipinski definition) is 3. The third-order valence-corrected chi connectivity index (χ3v) is 4.57. The Labute approximate surface area is 165 Å². The maximum Gasteiger partial charge on any atom is 0.275 e. The van der Waals surface area contributed by atoms with Crippen LogP contribution in [0.5, 0.6) is 0 Å². The largest absolute Gasteiger partial charge is 0.356 e. The van der Waals surface area contributed by atoms with Gasteiger partial charge in [-0.15, -0.1) is 11.3 Å². The first-order valence-electron chi connectivity index (χ1n) is 8.14. The summed E-state index contributed by atoms with van der Waals surface area (Å²) in [5.41, 5.74) is 4.23. The Morgan fingerprint density at radius 1 is 1.15 bits per heavy atom. The van der Waals surface area contributed by atoms with Crippen LogP contribution < -0.4 is 16.0 Å². The fourth-order valence-electron chi connectivity index (χ4n) is 2.38. The highest BCUT2D eigenvalue weighted by atomic mass is 32.1. The van der Waals surface area contributed by atoms with Crippen LogP contribution in [0.25, 0.3) is 0 Å². The second kappa shape index (κ2) is 8.70. The van der Waals surface area contributed by atoms with Gasteiger partial charge in [-0.05, 0) is 61.1 Å². The van der Waals surface area contributed by atoms with E-state index in [1.165, 1.54) is 23.5 Å². The Morgan fingerprint density at radius 3 is 2.48 bits per heavy atom. The standard InChI is InChI=1S/C19H17FN4OS2/c1-12(13-3-2-4-14(20)9-13)22-19(26)24-16-7-5-15(6-8-16)23-18(25)17-10-27-11-21-17/h2-12H,1H3,(H,23,25)(H2,22,24,26). The van der Waals surface area contributed by atoms with E-state index in [9.17, 15) is 9.18 Å². The van der Waals surface area contributed by atoms with Crippen LogP contribution in [-0.4, -0.2) is 16.0 Å². The molecule has 0 fully saturated rings. The van der Waals surface area contributed by atoms with Crippen molar-refractivity contribution in [3.63, 3.8) is 0 Å². The number of benzene rings is 2. The third kappa shape index (κ3) is 5.32. The number of nitrogens with one attached hydrogen (secondary N) is 3. The first-order valence-corrected chi connectivity index (χ1v) is 9.49. The Morgan fingerprint density at radius 2 is 1.85 bits per heavy atom. The molecule has 0 bridgehead atoms. The number of aromatic nitrogens is 1. The Hall–Kier alpha value is -2.84. The van der Waals surface area contributed by atoms with Gasteiger partial charge in [-0.2, -0.15) is 0 Å². The zero-order valence-corrected chi connectivity index (χ0v) is 16.0. The van der Waals surface area contributed by atoms with Crippen molar-refractivity contribution >= 4 is 45.9 Å². The van der Waals surface area contributed by atoms with Crippen molar-refractivity contribution in [2.75, 3.05) is 10.6 Å². The molecule has 2 aromatic carbocycles. The predicted octanol–water partition coefficient (Wildman–Crippen LogP) is 4.58. The second-order valence-electron chi connectivity index (χ2n) is 5.78. The molecule has 3 N–H and O–H groups in total. The van der Waals surface area contributed by atoms with Crippen LogP contribution in [0.4, 0.5) is 15.8 Å². The Kier molecular flexibility index (Phi) is 6.10. The molecule has 0 saturated heterocycles. The molecule has 0 aliphatic heterocycles. The molecule has 0 aliphatic rings. The van der Waals surface area contributed by atoms with Gasteiger partial charge in [-0.1, -0.05) is 12.1 Å². The summed E-state index contributed by atoms with van der Waals surface area (Å²) >= 11 is 6.68. The number of rotatable bonds is 5. The number of nitrogens with zero attached hydrogens (tertiary/aromatic N) is 1. The minimum Gasteiger partial charge on any atom is -0.356 e. The minimum absolute atomic E-state index is 0.141. The summed E-state index contributed by atoms with van der Waals surface area (Å²) in [5.74, 6) is -0.534. The number of anilines is 2. The lowest BCUT2D eigenvalue weighted by atomic mass is 10.1. The Balaban J connectivity index is 1.54. The predicted molar refractivity (Wildman–Crippen MR) is 111 cm³/mol. The van der Waals surface area contributed by atoms with Crippen LogP contribution in [0, 0.1) is 5.82 Å². The van der Waals surface area contributed by atoms with Gasteiger partial charge in [0.15, 0.2) is 5.11 Å². The summed E-state index contributed by atoms with van der Waals surface area (Å²) in [6.07, 6.45) is 0. The molecule has 1 aromatic heterocycles. The molecule has 1 atom stereocenters. The van der Waals surface area contributed by atoms with Gasteiger partial charge in [-0.3, -0.25) is 4.79 Å². The number of thiocarbonyl (C=S) groups is 1. The number of halogens is 1. The lowest BCUT2D eigenvalue weighted by Crippen LogP contribution is -2.30. The molecule has 0 saturated carbocycles. The van der Waals surface area contributed by atoms with Gasteiger partial charge in [0.1, 0.15) is 11.5 Å². The molecule has 5 nitrogen and oxygen atoms in total. The number of thiazole rings is 1. The molecule has 138 valence electrons. The van der Waals surface area contributed by atoms with Gasteiger partial charge in [0.05, 0.1) is 11.6 Å². The van der Waals surface area contributed by atoms with E-state index >= 15 is 0 Å². The summed E-state index contributed by atoms with van der Waals surface area (Å²) in [4.78, 5) is 16.0. The van der Waals surface area contributed by atoms with Crippen molar-refractivity contribution in [2.45, 2.75) is 13.0 Å². The van der Waals surface area contributed by atoms with Gasteiger partial charge >= 0.3 is 0 Å². The Bertz CT molecular complexity index is 929. The van der Waals surface area contributed by atoms with Crippen LogP contribution in [0.3, 0.4) is 0 Å². The van der Waals surface area contributed by atoms with Crippen molar-refractivity contribution in [3.05, 3.63) is 76.5 Å². The average molecular weight is 401 g/mol. The van der Waals surface area contributed by atoms with Gasteiger partial charge in [0.2, 0.25) is 0 Å². The van der Waals surface area contributed by atoms with Gasteiger partial charge in [-0.25, -0.2) is 9.37 Å². The van der Waals surface area contributed by atoms with Crippen LogP contribution in [-0.2, 0) is 0 Å². The zero-order chi connectivity index (χ0) is 19.2. The lowest BCUT2D eigenvalue weighted by molar-refractivity contribution is 0.102. The van der Waals surface area contributed by atoms with Crippen LogP contribution >= 0.6 is 23.6 Å². The molecule has 0 aliphatic carbocycles. The first-order chi connectivity index (χ1) is 13.0. The fourth-order valence-corrected chi connectivity index (χ4v) is 3.21. The van der Waals surface area contributed by atoms with Crippen molar-refractivity contribution < 1.29 is 9.18 Å². The highest BCUT2D eigenvalue weighted by molar-refractivity contribution is 7.80. The molecule has 0 radical (unpaired) electrons. The van der Waals surface area contributed by atoms with Crippen molar-refractivity contribution in [2.24, 2.45) is 0 Å². The summed E-state index contributed by atoms with van der Waals surface area (Å²) in [7, 11) is 0. The SMILES string of the molecule is CC(NC(=S)Nc1ccc(NC(=O)c2cscn2)cc1)c1cccc(F)c1. The van der Waals surface area contributed by atoms with Crippen LogP contribution in [0.15, 0.2) is 59.4 Å². The van der Waals surface area contributed by atoms with E-state index in [1.807, 2.05) is 13.0 Å². The molecular weight excluding hydrogens is 383 g/mol. The molecular formula is C19H17FN4OS2. The van der Waals surface area contributed by atoms with Crippen molar-refractivity contribution in [1.29, 1.82) is 0 Å².